The molecule has 16 heavy (non-hydrogen) atoms. The summed E-state index contributed by atoms with van der Waals surface area (Å²) in [5, 5.41) is 12.1. The highest BCUT2D eigenvalue weighted by atomic mass is 79.9. The van der Waals surface area contributed by atoms with Gasteiger partial charge < -0.3 is 5.32 Å². The maximum atomic E-state index is 8.75. The molecule has 0 aliphatic heterocycles. The van der Waals surface area contributed by atoms with Gasteiger partial charge in [-0.3, -0.25) is 0 Å². The van der Waals surface area contributed by atoms with Crippen LogP contribution < -0.4 is 5.32 Å². The van der Waals surface area contributed by atoms with Crippen LogP contribution in [0.2, 0.25) is 0 Å². The Morgan fingerprint density at radius 2 is 2.31 bits per heavy atom. The molecule has 0 saturated heterocycles. The maximum Gasteiger partial charge on any atom is 0.0992 e. The zero-order valence-corrected chi connectivity index (χ0v) is 11.9. The molecule has 0 radical (unpaired) electrons. The lowest BCUT2D eigenvalue weighted by atomic mass is 10.2. The van der Waals surface area contributed by atoms with E-state index in [1.165, 1.54) is 0 Å². The summed E-state index contributed by atoms with van der Waals surface area (Å²) < 4.78 is 0.947. The molecule has 0 spiro atoms. The van der Waals surface area contributed by atoms with Gasteiger partial charge in [-0.05, 0) is 52.1 Å². The van der Waals surface area contributed by atoms with E-state index < -0.39 is 0 Å². The van der Waals surface area contributed by atoms with Crippen LogP contribution in [0.15, 0.2) is 22.7 Å². The van der Waals surface area contributed by atoms with Gasteiger partial charge in [-0.2, -0.15) is 17.0 Å². The Bertz CT molecular complexity index is 387. The molecule has 0 amide bonds. The third-order valence-corrected chi connectivity index (χ3v) is 3.75. The molecule has 0 aromatic heterocycles. The smallest absolute Gasteiger partial charge is 0.0992 e. The molecule has 1 N–H and O–H groups in total. The lowest BCUT2D eigenvalue weighted by molar-refractivity contribution is 0.701. The summed E-state index contributed by atoms with van der Waals surface area (Å²) in [5.41, 5.74) is 1.72. The Morgan fingerprint density at radius 1 is 1.56 bits per heavy atom. The summed E-state index contributed by atoms with van der Waals surface area (Å²) in [7, 11) is 0. The van der Waals surface area contributed by atoms with Gasteiger partial charge in [0, 0.05) is 16.7 Å². The Hall–Kier alpha value is -0.660. The monoisotopic (exact) mass is 298 g/mol. The summed E-state index contributed by atoms with van der Waals surface area (Å²) in [5.74, 6) is 1.79. The van der Waals surface area contributed by atoms with Crippen LogP contribution in [0.1, 0.15) is 12.5 Å². The normalized spacial score (nSPS) is 11.9. The van der Waals surface area contributed by atoms with Crippen LogP contribution in [0.25, 0.3) is 0 Å². The maximum absolute atomic E-state index is 8.75. The quantitative estimate of drug-likeness (QED) is 0.900. The Morgan fingerprint density at radius 3 is 2.88 bits per heavy atom. The van der Waals surface area contributed by atoms with E-state index in [4.69, 9.17) is 5.26 Å². The van der Waals surface area contributed by atoms with Crippen molar-refractivity contribution in [3.8, 4) is 6.07 Å². The Kier molecular flexibility index (Phi) is 5.72. The van der Waals surface area contributed by atoms with Crippen molar-refractivity contribution in [3.05, 3.63) is 28.2 Å². The van der Waals surface area contributed by atoms with Crippen molar-refractivity contribution >= 4 is 33.4 Å². The fourth-order valence-corrected chi connectivity index (χ4v) is 2.56. The molecular weight excluding hydrogens is 284 g/mol. The molecule has 0 fully saturated rings. The van der Waals surface area contributed by atoms with E-state index in [1.807, 2.05) is 30.0 Å². The van der Waals surface area contributed by atoms with E-state index in [0.29, 0.717) is 11.5 Å². The fourth-order valence-electron chi connectivity index (χ4n) is 1.36. The standard InChI is InChI=1S/C12H15BrN2S/c1-9(8-16-2)7-15-12-4-3-10(6-14)5-11(12)13/h3-5,9,15H,7-8H2,1-2H3. The van der Waals surface area contributed by atoms with E-state index in [0.717, 1.165) is 22.5 Å². The summed E-state index contributed by atoms with van der Waals surface area (Å²) in [4.78, 5) is 0. The first-order chi connectivity index (χ1) is 7.67. The number of hydrogen-bond donors (Lipinski definition) is 1. The number of benzene rings is 1. The second-order valence-electron chi connectivity index (χ2n) is 3.75. The van der Waals surface area contributed by atoms with Crippen LogP contribution in [0.5, 0.6) is 0 Å². The molecule has 1 aromatic carbocycles. The highest BCUT2D eigenvalue weighted by molar-refractivity contribution is 9.10. The number of thioether (sulfide) groups is 1. The molecule has 1 rings (SSSR count). The minimum absolute atomic E-state index is 0.637. The van der Waals surface area contributed by atoms with Crippen molar-refractivity contribution in [3.63, 3.8) is 0 Å². The molecule has 86 valence electrons. The number of anilines is 1. The zero-order chi connectivity index (χ0) is 12.0. The Balaban J connectivity index is 2.58. The second-order valence-corrected chi connectivity index (χ2v) is 5.51. The lowest BCUT2D eigenvalue weighted by Gasteiger charge is -2.13. The molecule has 0 saturated carbocycles. The van der Waals surface area contributed by atoms with Gasteiger partial charge >= 0.3 is 0 Å². The first-order valence-corrected chi connectivity index (χ1v) is 7.28. The first kappa shape index (κ1) is 13.4. The van der Waals surface area contributed by atoms with Crippen molar-refractivity contribution in [2.45, 2.75) is 6.92 Å². The van der Waals surface area contributed by atoms with Crippen LogP contribution in [-0.4, -0.2) is 18.6 Å². The number of nitrogens with zero attached hydrogens (tertiary/aromatic N) is 1. The highest BCUT2D eigenvalue weighted by Gasteiger charge is 2.04. The van der Waals surface area contributed by atoms with Gasteiger partial charge in [0.2, 0.25) is 0 Å². The topological polar surface area (TPSA) is 35.8 Å². The molecule has 0 aliphatic carbocycles. The average Bonchev–Trinajstić information content (AvgIpc) is 2.27. The predicted molar refractivity (Wildman–Crippen MR) is 74.9 cm³/mol. The molecule has 4 heteroatoms. The molecule has 1 aromatic rings. The van der Waals surface area contributed by atoms with E-state index in [9.17, 15) is 0 Å². The van der Waals surface area contributed by atoms with Crippen LogP contribution in [-0.2, 0) is 0 Å². The third kappa shape index (κ3) is 4.07. The van der Waals surface area contributed by atoms with E-state index >= 15 is 0 Å². The number of rotatable bonds is 5. The molecular formula is C12H15BrN2S. The molecule has 1 unspecified atom stereocenters. The van der Waals surface area contributed by atoms with Crippen LogP contribution >= 0.6 is 27.7 Å². The number of nitriles is 1. The fraction of sp³-hybridized carbons (Fsp3) is 0.417. The zero-order valence-electron chi connectivity index (χ0n) is 9.46. The molecule has 2 nitrogen and oxygen atoms in total. The third-order valence-electron chi connectivity index (χ3n) is 2.19. The number of halogens is 1. The van der Waals surface area contributed by atoms with Gasteiger partial charge in [-0.25, -0.2) is 0 Å². The lowest BCUT2D eigenvalue weighted by Crippen LogP contribution is -2.13. The average molecular weight is 299 g/mol. The largest absolute Gasteiger partial charge is 0.384 e. The number of hydrogen-bond acceptors (Lipinski definition) is 3. The van der Waals surface area contributed by atoms with E-state index in [2.05, 4.69) is 40.5 Å². The summed E-state index contributed by atoms with van der Waals surface area (Å²) in [6.45, 7) is 3.17. The second kappa shape index (κ2) is 6.82. The van der Waals surface area contributed by atoms with Crippen LogP contribution in [0.4, 0.5) is 5.69 Å². The van der Waals surface area contributed by atoms with Gasteiger partial charge in [0.05, 0.1) is 11.6 Å². The summed E-state index contributed by atoms with van der Waals surface area (Å²) in [6.07, 6.45) is 2.12. The van der Waals surface area contributed by atoms with Crippen LogP contribution in [0.3, 0.4) is 0 Å². The van der Waals surface area contributed by atoms with Crippen molar-refractivity contribution in [1.29, 1.82) is 5.26 Å². The van der Waals surface area contributed by atoms with Gasteiger partial charge in [0.15, 0.2) is 0 Å². The Labute approximate surface area is 110 Å². The van der Waals surface area contributed by atoms with E-state index in [1.54, 1.807) is 0 Å². The SMILES string of the molecule is CSCC(C)CNc1ccc(C#N)cc1Br. The van der Waals surface area contributed by atoms with Crippen molar-refractivity contribution in [1.82, 2.24) is 0 Å². The molecule has 0 heterocycles. The van der Waals surface area contributed by atoms with Gasteiger partial charge in [-0.1, -0.05) is 6.92 Å². The van der Waals surface area contributed by atoms with Gasteiger partial charge in [-0.15, -0.1) is 0 Å². The minimum atomic E-state index is 0.637. The van der Waals surface area contributed by atoms with Crippen molar-refractivity contribution in [2.75, 3.05) is 23.9 Å². The van der Waals surface area contributed by atoms with Crippen LogP contribution in [0, 0.1) is 17.2 Å². The van der Waals surface area contributed by atoms with Gasteiger partial charge in [0.1, 0.15) is 0 Å². The summed E-state index contributed by atoms with van der Waals surface area (Å²) in [6, 6.07) is 7.72. The minimum Gasteiger partial charge on any atom is -0.384 e. The molecule has 0 aliphatic rings. The predicted octanol–water partition coefficient (Wildman–Crippen LogP) is 3.73. The van der Waals surface area contributed by atoms with Crippen molar-refractivity contribution in [2.24, 2.45) is 5.92 Å². The molecule has 0 bridgehead atoms. The molecule has 1 atom stereocenters. The highest BCUT2D eigenvalue weighted by Crippen LogP contribution is 2.23. The summed E-state index contributed by atoms with van der Waals surface area (Å²) >= 11 is 5.32. The number of nitrogens with one attached hydrogen (secondary N) is 1. The first-order valence-electron chi connectivity index (χ1n) is 5.09. The van der Waals surface area contributed by atoms with Gasteiger partial charge in [0.25, 0.3) is 0 Å². The van der Waals surface area contributed by atoms with Crippen molar-refractivity contribution < 1.29 is 0 Å². The van der Waals surface area contributed by atoms with E-state index in [-0.39, 0.29) is 0 Å².